The molecule has 3 aromatic heterocycles. The number of hydrogen-bond donors (Lipinski definition) is 0. The number of anilines is 1. The minimum Gasteiger partial charge on any atom is -0.497 e. The van der Waals surface area contributed by atoms with Gasteiger partial charge in [0, 0.05) is 49.9 Å². The van der Waals surface area contributed by atoms with Crippen molar-refractivity contribution in [3.8, 4) is 22.1 Å². The van der Waals surface area contributed by atoms with E-state index in [4.69, 9.17) is 9.72 Å². The van der Waals surface area contributed by atoms with Crippen LogP contribution in [0.3, 0.4) is 0 Å². The van der Waals surface area contributed by atoms with Gasteiger partial charge in [0.05, 0.1) is 18.5 Å². The maximum atomic E-state index is 5.24. The number of thiazole rings is 1. The molecule has 4 heterocycles. The van der Waals surface area contributed by atoms with Gasteiger partial charge in [0.15, 0.2) is 11.6 Å². The number of aromatic nitrogens is 5. The Labute approximate surface area is 191 Å². The molecule has 0 amide bonds. The van der Waals surface area contributed by atoms with Gasteiger partial charge >= 0.3 is 0 Å². The summed E-state index contributed by atoms with van der Waals surface area (Å²) in [5.74, 6) is 2.50. The van der Waals surface area contributed by atoms with E-state index in [1.165, 1.54) is 0 Å². The SMILES string of the molecule is COc1ccc(-c2nc(CN3CCN(c4ccc(-n5ccc(C)n5)nn4)CC3)cs2)cc1. The van der Waals surface area contributed by atoms with E-state index in [9.17, 15) is 0 Å². The van der Waals surface area contributed by atoms with Crippen molar-refractivity contribution in [1.29, 1.82) is 0 Å². The van der Waals surface area contributed by atoms with Crippen LogP contribution in [-0.4, -0.2) is 63.2 Å². The molecule has 9 heteroatoms. The van der Waals surface area contributed by atoms with Crippen molar-refractivity contribution in [2.45, 2.75) is 13.5 Å². The topological polar surface area (TPSA) is 72.2 Å². The van der Waals surface area contributed by atoms with Gasteiger partial charge in [-0.3, -0.25) is 4.90 Å². The van der Waals surface area contributed by atoms with E-state index in [1.807, 2.05) is 43.5 Å². The third kappa shape index (κ3) is 4.49. The van der Waals surface area contributed by atoms with E-state index in [1.54, 1.807) is 23.1 Å². The molecule has 0 saturated carbocycles. The predicted molar refractivity (Wildman–Crippen MR) is 125 cm³/mol. The van der Waals surface area contributed by atoms with Crippen LogP contribution in [0.25, 0.3) is 16.4 Å². The molecule has 0 radical (unpaired) electrons. The lowest BCUT2D eigenvalue weighted by molar-refractivity contribution is 0.247. The Balaban J connectivity index is 1.16. The monoisotopic (exact) mass is 447 g/mol. The molecule has 4 aromatic rings. The van der Waals surface area contributed by atoms with E-state index in [-0.39, 0.29) is 0 Å². The number of rotatable bonds is 6. The Morgan fingerprint density at radius 3 is 2.34 bits per heavy atom. The Bertz CT molecular complexity index is 1160. The molecular formula is C23H25N7OS. The smallest absolute Gasteiger partial charge is 0.175 e. The molecule has 1 aromatic carbocycles. The summed E-state index contributed by atoms with van der Waals surface area (Å²) < 4.78 is 6.99. The van der Waals surface area contributed by atoms with E-state index in [2.05, 4.69) is 42.6 Å². The Morgan fingerprint density at radius 1 is 0.938 bits per heavy atom. The summed E-state index contributed by atoms with van der Waals surface area (Å²) in [5, 5.41) is 16.4. The maximum absolute atomic E-state index is 5.24. The zero-order valence-corrected chi connectivity index (χ0v) is 19.0. The summed E-state index contributed by atoms with van der Waals surface area (Å²) >= 11 is 1.69. The molecule has 0 unspecified atom stereocenters. The summed E-state index contributed by atoms with van der Waals surface area (Å²) in [4.78, 5) is 9.56. The van der Waals surface area contributed by atoms with Crippen LogP contribution in [0.2, 0.25) is 0 Å². The lowest BCUT2D eigenvalue weighted by atomic mass is 10.2. The number of ether oxygens (including phenoxy) is 1. The van der Waals surface area contributed by atoms with Gasteiger partial charge in [-0.1, -0.05) is 0 Å². The van der Waals surface area contributed by atoms with Gasteiger partial charge in [0.2, 0.25) is 0 Å². The molecule has 164 valence electrons. The van der Waals surface area contributed by atoms with Crippen LogP contribution < -0.4 is 9.64 Å². The molecule has 0 bridgehead atoms. The standard InChI is InChI=1S/C23H25N7OS/c1-17-9-10-30(27-17)22-8-7-21(25-26-22)29-13-11-28(12-14-29)15-19-16-32-23(24-19)18-3-5-20(31-2)6-4-18/h3-10,16H,11-15H2,1-2H3. The molecule has 0 spiro atoms. The van der Waals surface area contributed by atoms with Gasteiger partial charge in [-0.2, -0.15) is 5.10 Å². The van der Waals surface area contributed by atoms with E-state index >= 15 is 0 Å². The molecule has 8 nitrogen and oxygen atoms in total. The molecule has 1 fully saturated rings. The summed E-state index contributed by atoms with van der Waals surface area (Å²) in [5.41, 5.74) is 3.20. The fourth-order valence-corrected chi connectivity index (χ4v) is 4.58. The van der Waals surface area contributed by atoms with Crippen LogP contribution >= 0.6 is 11.3 Å². The highest BCUT2D eigenvalue weighted by atomic mass is 32.1. The zero-order valence-electron chi connectivity index (χ0n) is 18.2. The van der Waals surface area contributed by atoms with Gasteiger partial charge in [0.25, 0.3) is 0 Å². The third-order valence-corrected chi connectivity index (χ3v) is 6.50. The van der Waals surface area contributed by atoms with Crippen LogP contribution in [0.1, 0.15) is 11.4 Å². The Hall–Kier alpha value is -3.30. The summed E-state index contributed by atoms with van der Waals surface area (Å²) in [6.45, 7) is 6.61. The second-order valence-electron chi connectivity index (χ2n) is 7.79. The second kappa shape index (κ2) is 9.05. The van der Waals surface area contributed by atoms with Crippen molar-refractivity contribution in [2.75, 3.05) is 38.2 Å². The van der Waals surface area contributed by atoms with Crippen LogP contribution in [0.15, 0.2) is 54.0 Å². The molecule has 0 atom stereocenters. The first-order valence-corrected chi connectivity index (χ1v) is 11.5. The average Bonchev–Trinajstić information content (AvgIpc) is 3.49. The van der Waals surface area contributed by atoms with Gasteiger partial charge in [-0.05, 0) is 49.4 Å². The molecule has 1 aliphatic heterocycles. The fourth-order valence-electron chi connectivity index (χ4n) is 3.76. The van der Waals surface area contributed by atoms with Crippen LogP contribution in [0.5, 0.6) is 5.75 Å². The molecule has 0 aliphatic carbocycles. The zero-order chi connectivity index (χ0) is 21.9. The van der Waals surface area contributed by atoms with Gasteiger partial charge in [-0.25, -0.2) is 9.67 Å². The van der Waals surface area contributed by atoms with Crippen molar-refractivity contribution >= 4 is 17.2 Å². The maximum Gasteiger partial charge on any atom is 0.175 e. The molecular weight excluding hydrogens is 422 g/mol. The fraction of sp³-hybridized carbons (Fsp3) is 0.304. The third-order valence-electron chi connectivity index (χ3n) is 5.56. The highest BCUT2D eigenvalue weighted by molar-refractivity contribution is 7.13. The molecule has 5 rings (SSSR count). The van der Waals surface area contributed by atoms with Crippen molar-refractivity contribution < 1.29 is 4.74 Å². The summed E-state index contributed by atoms with van der Waals surface area (Å²) in [7, 11) is 1.68. The first-order valence-electron chi connectivity index (χ1n) is 10.6. The largest absolute Gasteiger partial charge is 0.497 e. The lowest BCUT2D eigenvalue weighted by Gasteiger charge is -2.34. The van der Waals surface area contributed by atoms with Crippen molar-refractivity contribution in [2.24, 2.45) is 0 Å². The van der Waals surface area contributed by atoms with Crippen molar-refractivity contribution in [1.82, 2.24) is 29.9 Å². The number of piperazine rings is 1. The molecule has 1 saturated heterocycles. The first kappa shape index (κ1) is 20.6. The number of nitrogens with zero attached hydrogens (tertiary/aromatic N) is 7. The molecule has 32 heavy (non-hydrogen) atoms. The van der Waals surface area contributed by atoms with Gasteiger partial charge in [0.1, 0.15) is 10.8 Å². The van der Waals surface area contributed by atoms with Crippen LogP contribution in [0.4, 0.5) is 5.82 Å². The van der Waals surface area contributed by atoms with E-state index in [0.29, 0.717) is 0 Å². The molecule has 0 N–H and O–H groups in total. The minimum absolute atomic E-state index is 0.733. The van der Waals surface area contributed by atoms with E-state index < -0.39 is 0 Å². The van der Waals surface area contributed by atoms with Gasteiger partial charge in [-0.15, -0.1) is 21.5 Å². The second-order valence-corrected chi connectivity index (χ2v) is 8.65. The molecule has 1 aliphatic rings. The summed E-state index contributed by atoms with van der Waals surface area (Å²) in [6, 6.07) is 14.0. The van der Waals surface area contributed by atoms with Crippen molar-refractivity contribution in [3.63, 3.8) is 0 Å². The number of aryl methyl sites for hydroxylation is 1. The summed E-state index contributed by atoms with van der Waals surface area (Å²) in [6.07, 6.45) is 1.90. The highest BCUT2D eigenvalue weighted by Crippen LogP contribution is 2.26. The number of benzene rings is 1. The first-order chi connectivity index (χ1) is 15.7. The minimum atomic E-state index is 0.733. The van der Waals surface area contributed by atoms with Crippen LogP contribution in [-0.2, 0) is 6.54 Å². The van der Waals surface area contributed by atoms with Crippen LogP contribution in [0, 0.1) is 6.92 Å². The van der Waals surface area contributed by atoms with E-state index in [0.717, 1.165) is 72.1 Å². The highest BCUT2D eigenvalue weighted by Gasteiger charge is 2.19. The number of hydrogen-bond acceptors (Lipinski definition) is 8. The quantitative estimate of drug-likeness (QED) is 0.448. The predicted octanol–water partition coefficient (Wildman–Crippen LogP) is 3.43. The lowest BCUT2D eigenvalue weighted by Crippen LogP contribution is -2.46. The van der Waals surface area contributed by atoms with Crippen molar-refractivity contribution in [3.05, 3.63) is 65.4 Å². The number of methoxy groups -OCH3 is 1. The Morgan fingerprint density at radius 2 is 1.69 bits per heavy atom. The van der Waals surface area contributed by atoms with Gasteiger partial charge < -0.3 is 9.64 Å². The average molecular weight is 448 g/mol. The Kier molecular flexibility index (Phi) is 5.83. The normalized spacial score (nSPS) is 14.6.